The van der Waals surface area contributed by atoms with Crippen LogP contribution in [0.4, 0.5) is 11.4 Å². The first kappa shape index (κ1) is 23.0. The summed E-state index contributed by atoms with van der Waals surface area (Å²) in [5.41, 5.74) is 15.3. The molecule has 2 aromatic rings. The molecule has 0 bridgehead atoms. The molecule has 0 heterocycles. The molecule has 0 spiro atoms. The van der Waals surface area contributed by atoms with Gasteiger partial charge in [0.15, 0.2) is 10.2 Å². The number of anilines is 2. The van der Waals surface area contributed by atoms with E-state index in [-0.39, 0.29) is 10.2 Å². The summed E-state index contributed by atoms with van der Waals surface area (Å²) in [5, 5.41) is 6.21. The summed E-state index contributed by atoms with van der Waals surface area (Å²) in [4.78, 5) is 23.8. The third kappa shape index (κ3) is 6.39. The van der Waals surface area contributed by atoms with Gasteiger partial charge in [-0.3, -0.25) is 31.3 Å². The molecule has 0 fully saturated rings. The molecule has 2 rings (SSSR count). The summed E-state index contributed by atoms with van der Waals surface area (Å²) >= 11 is 10.3. The molecule has 0 saturated heterocycles. The summed E-state index contributed by atoms with van der Waals surface area (Å²) < 4.78 is 0. The van der Waals surface area contributed by atoms with Gasteiger partial charge in [0, 0.05) is 11.4 Å². The number of aryl methyl sites for hydroxylation is 2. The van der Waals surface area contributed by atoms with Crippen molar-refractivity contribution in [3.05, 3.63) is 58.7 Å². The minimum Gasteiger partial charge on any atom is -0.331 e. The molecule has 0 aromatic heterocycles. The number of hydrogen-bond donors (Lipinski definition) is 6. The number of carbonyl (C=O) groups excluding carboxylic acids is 2. The van der Waals surface area contributed by atoms with Crippen molar-refractivity contribution in [1.29, 1.82) is 0 Å². The average Bonchev–Trinajstić information content (AvgIpc) is 2.71. The molecule has 0 aliphatic rings. The van der Waals surface area contributed by atoms with Gasteiger partial charge in [0.05, 0.1) is 0 Å². The largest absolute Gasteiger partial charge is 0.331 e. The van der Waals surface area contributed by atoms with Crippen molar-refractivity contribution in [2.75, 3.05) is 10.6 Å². The van der Waals surface area contributed by atoms with Crippen molar-refractivity contribution >= 4 is 57.8 Å². The van der Waals surface area contributed by atoms with E-state index in [9.17, 15) is 9.59 Å². The second kappa shape index (κ2) is 10.5. The maximum atomic E-state index is 11.9. The van der Waals surface area contributed by atoms with Crippen LogP contribution in [0.3, 0.4) is 0 Å². The fourth-order valence-electron chi connectivity index (χ4n) is 2.42. The molecule has 158 valence electrons. The number of thiocarbonyl (C=S) groups is 2. The molecule has 2 amide bonds. The van der Waals surface area contributed by atoms with Crippen LogP contribution in [0.1, 0.15) is 22.3 Å². The summed E-state index contributed by atoms with van der Waals surface area (Å²) in [6.45, 7) is 7.87. The number of carbonyl (C=O) groups is 2. The normalized spacial score (nSPS) is 9.87. The smallest absolute Gasteiger partial charge is 0.329 e. The van der Waals surface area contributed by atoms with E-state index in [0.29, 0.717) is 0 Å². The van der Waals surface area contributed by atoms with Crippen molar-refractivity contribution in [2.24, 2.45) is 0 Å². The molecule has 0 radical (unpaired) electrons. The van der Waals surface area contributed by atoms with E-state index < -0.39 is 11.8 Å². The standard InChI is InChI=1S/C20H24N6O2S2/c1-11-7-5-9-15(13(11)3)21-19(29)25-23-17(27)18(28)24-26-20(30)22-16-10-6-8-12(2)14(16)4/h5-10H,1-4H3,(H,23,27)(H,24,28)(H2,21,25,29)(H2,22,26,30). The van der Waals surface area contributed by atoms with Gasteiger partial charge in [-0.15, -0.1) is 0 Å². The summed E-state index contributed by atoms with van der Waals surface area (Å²) in [7, 11) is 0. The topological polar surface area (TPSA) is 106 Å². The van der Waals surface area contributed by atoms with Crippen molar-refractivity contribution < 1.29 is 9.59 Å². The van der Waals surface area contributed by atoms with Crippen LogP contribution >= 0.6 is 24.4 Å². The molecule has 10 heteroatoms. The maximum Gasteiger partial charge on any atom is 0.329 e. The van der Waals surface area contributed by atoms with Crippen LogP contribution in [0.5, 0.6) is 0 Å². The molecule has 0 aliphatic heterocycles. The van der Waals surface area contributed by atoms with Crippen LogP contribution < -0.4 is 32.3 Å². The minimum atomic E-state index is -0.942. The quantitative estimate of drug-likeness (QED) is 0.238. The molecule has 8 nitrogen and oxygen atoms in total. The fourth-order valence-corrected chi connectivity index (χ4v) is 2.74. The second-order valence-corrected chi connectivity index (χ2v) is 7.38. The van der Waals surface area contributed by atoms with Crippen LogP contribution in [-0.2, 0) is 9.59 Å². The highest BCUT2D eigenvalue weighted by molar-refractivity contribution is 7.80. The van der Waals surface area contributed by atoms with E-state index in [1.807, 2.05) is 64.1 Å². The SMILES string of the molecule is Cc1cccc(NC(=S)NNC(=O)C(=O)NNC(=S)Nc2cccc(C)c2C)c1C. The third-order valence-electron chi connectivity index (χ3n) is 4.49. The Morgan fingerprint density at radius 1 is 0.633 bits per heavy atom. The number of hydrogen-bond acceptors (Lipinski definition) is 4. The van der Waals surface area contributed by atoms with Gasteiger partial charge in [0.25, 0.3) is 0 Å². The predicted molar refractivity (Wildman–Crippen MR) is 127 cm³/mol. The number of rotatable bonds is 2. The van der Waals surface area contributed by atoms with Gasteiger partial charge >= 0.3 is 11.8 Å². The van der Waals surface area contributed by atoms with Crippen LogP contribution in [0.2, 0.25) is 0 Å². The first-order valence-electron chi connectivity index (χ1n) is 9.05. The highest BCUT2D eigenvalue weighted by Gasteiger charge is 2.14. The minimum absolute atomic E-state index is 0.143. The second-order valence-electron chi connectivity index (χ2n) is 6.56. The van der Waals surface area contributed by atoms with Crippen molar-refractivity contribution in [1.82, 2.24) is 21.7 Å². The van der Waals surface area contributed by atoms with E-state index in [1.54, 1.807) is 0 Å². The van der Waals surface area contributed by atoms with Crippen LogP contribution in [0.15, 0.2) is 36.4 Å². The molecule has 0 atom stereocenters. The van der Waals surface area contributed by atoms with E-state index in [0.717, 1.165) is 33.6 Å². The molecular weight excluding hydrogens is 420 g/mol. The van der Waals surface area contributed by atoms with E-state index in [4.69, 9.17) is 24.4 Å². The number of amides is 2. The number of hydrazine groups is 2. The lowest BCUT2D eigenvalue weighted by Crippen LogP contribution is -2.53. The zero-order chi connectivity index (χ0) is 22.3. The van der Waals surface area contributed by atoms with Crippen LogP contribution in [0.25, 0.3) is 0 Å². The van der Waals surface area contributed by atoms with Crippen molar-refractivity contribution in [3.8, 4) is 0 Å². The van der Waals surface area contributed by atoms with Gasteiger partial charge in [-0.1, -0.05) is 24.3 Å². The Balaban J connectivity index is 1.77. The van der Waals surface area contributed by atoms with Gasteiger partial charge in [-0.05, 0) is 86.5 Å². The zero-order valence-electron chi connectivity index (χ0n) is 17.1. The fraction of sp³-hybridized carbons (Fsp3) is 0.200. The van der Waals surface area contributed by atoms with Crippen molar-refractivity contribution in [3.63, 3.8) is 0 Å². The number of nitrogens with one attached hydrogen (secondary N) is 6. The van der Waals surface area contributed by atoms with Crippen LogP contribution in [-0.4, -0.2) is 22.0 Å². The lowest BCUT2D eigenvalue weighted by molar-refractivity contribution is -0.139. The summed E-state index contributed by atoms with van der Waals surface area (Å²) in [6, 6.07) is 11.5. The highest BCUT2D eigenvalue weighted by Crippen LogP contribution is 2.18. The molecular formula is C20H24N6O2S2. The lowest BCUT2D eigenvalue weighted by atomic mass is 10.1. The van der Waals surface area contributed by atoms with Crippen molar-refractivity contribution in [2.45, 2.75) is 27.7 Å². The Morgan fingerprint density at radius 3 is 1.37 bits per heavy atom. The molecule has 0 aliphatic carbocycles. The predicted octanol–water partition coefficient (Wildman–Crippen LogP) is 2.26. The van der Waals surface area contributed by atoms with E-state index >= 15 is 0 Å². The average molecular weight is 445 g/mol. The first-order valence-corrected chi connectivity index (χ1v) is 9.87. The summed E-state index contributed by atoms with van der Waals surface area (Å²) in [5.74, 6) is -1.88. The molecule has 0 unspecified atom stereocenters. The Bertz CT molecular complexity index is 914. The monoisotopic (exact) mass is 444 g/mol. The highest BCUT2D eigenvalue weighted by atomic mass is 32.1. The first-order chi connectivity index (χ1) is 14.2. The van der Waals surface area contributed by atoms with Crippen LogP contribution in [0, 0.1) is 27.7 Å². The van der Waals surface area contributed by atoms with Gasteiger partial charge in [-0.2, -0.15) is 0 Å². The zero-order valence-corrected chi connectivity index (χ0v) is 18.7. The lowest BCUT2D eigenvalue weighted by Gasteiger charge is -2.15. The van der Waals surface area contributed by atoms with Gasteiger partial charge in [0.1, 0.15) is 0 Å². The maximum absolute atomic E-state index is 11.9. The Morgan fingerprint density at radius 2 is 1.00 bits per heavy atom. The Hall–Kier alpha value is -3.24. The molecule has 30 heavy (non-hydrogen) atoms. The Kier molecular flexibility index (Phi) is 8.07. The number of benzene rings is 2. The van der Waals surface area contributed by atoms with Gasteiger partial charge < -0.3 is 10.6 Å². The summed E-state index contributed by atoms with van der Waals surface area (Å²) in [6.07, 6.45) is 0. The van der Waals surface area contributed by atoms with E-state index in [1.165, 1.54) is 0 Å². The molecule has 0 saturated carbocycles. The van der Waals surface area contributed by atoms with E-state index in [2.05, 4.69) is 32.3 Å². The van der Waals surface area contributed by atoms with Gasteiger partial charge in [-0.25, -0.2) is 0 Å². The molecule has 2 aromatic carbocycles. The van der Waals surface area contributed by atoms with Gasteiger partial charge in [0.2, 0.25) is 0 Å². The Labute approximate surface area is 186 Å². The third-order valence-corrected chi connectivity index (χ3v) is 4.90. The molecule has 6 N–H and O–H groups in total.